The van der Waals surface area contributed by atoms with Crippen molar-refractivity contribution in [3.05, 3.63) is 0 Å². The van der Waals surface area contributed by atoms with E-state index in [0.29, 0.717) is 12.8 Å². The summed E-state index contributed by atoms with van der Waals surface area (Å²) in [7, 11) is 0. The molecule has 2 atom stereocenters. The normalized spacial score (nSPS) is 13.1. The van der Waals surface area contributed by atoms with Crippen molar-refractivity contribution in [2.24, 2.45) is 5.92 Å². The number of hydrogen-bond acceptors (Lipinski definition) is 2. The van der Waals surface area contributed by atoms with Gasteiger partial charge in [0.1, 0.15) is 0 Å². The first-order valence-corrected chi connectivity index (χ1v) is 14.9. The van der Waals surface area contributed by atoms with Crippen molar-refractivity contribution in [3.8, 4) is 0 Å². The quantitative estimate of drug-likeness (QED) is 0.136. The predicted octanol–water partition coefficient (Wildman–Crippen LogP) is 9.32. The third-order valence-corrected chi connectivity index (χ3v) is 7.16. The topological polar surface area (TPSA) is 46.2 Å². The zero-order valence-electron chi connectivity index (χ0n) is 23.0. The SMILES string of the molecule is CCCCCCCCCCCCCCCCCCCC(=O)C(NC(=O)CCCC)C(C)CC. The maximum atomic E-state index is 12.7. The van der Waals surface area contributed by atoms with Crippen molar-refractivity contribution in [2.75, 3.05) is 0 Å². The summed E-state index contributed by atoms with van der Waals surface area (Å²) in [6, 6.07) is -0.291. The van der Waals surface area contributed by atoms with Crippen molar-refractivity contribution in [1.29, 1.82) is 0 Å². The number of hydrogen-bond donors (Lipinski definition) is 1. The van der Waals surface area contributed by atoms with Crippen LogP contribution in [-0.4, -0.2) is 17.7 Å². The highest BCUT2D eigenvalue weighted by Crippen LogP contribution is 2.16. The molecule has 3 nitrogen and oxygen atoms in total. The van der Waals surface area contributed by atoms with Crippen LogP contribution >= 0.6 is 0 Å². The van der Waals surface area contributed by atoms with Crippen molar-refractivity contribution in [3.63, 3.8) is 0 Å². The minimum atomic E-state index is -0.291. The fourth-order valence-electron chi connectivity index (χ4n) is 4.54. The number of unbranched alkanes of at least 4 members (excludes halogenated alkanes) is 17. The predicted molar refractivity (Wildman–Crippen MR) is 145 cm³/mol. The third-order valence-electron chi connectivity index (χ3n) is 7.16. The van der Waals surface area contributed by atoms with E-state index in [1.54, 1.807) is 0 Å². The molecule has 0 rings (SSSR count). The molecule has 0 aliphatic carbocycles. The van der Waals surface area contributed by atoms with E-state index in [1.165, 1.54) is 96.3 Å². The van der Waals surface area contributed by atoms with Crippen LogP contribution in [0.5, 0.6) is 0 Å². The summed E-state index contributed by atoms with van der Waals surface area (Å²) < 4.78 is 0. The van der Waals surface area contributed by atoms with E-state index in [0.717, 1.165) is 32.1 Å². The lowest BCUT2D eigenvalue weighted by molar-refractivity contribution is -0.129. The van der Waals surface area contributed by atoms with Gasteiger partial charge in [-0.05, 0) is 18.8 Å². The fourth-order valence-corrected chi connectivity index (χ4v) is 4.54. The fraction of sp³-hybridized carbons (Fsp3) is 0.933. The van der Waals surface area contributed by atoms with Gasteiger partial charge in [-0.3, -0.25) is 9.59 Å². The molecule has 0 aliphatic heterocycles. The number of ketones is 1. The Bertz CT molecular complexity index is 449. The number of rotatable bonds is 25. The molecule has 0 aromatic carbocycles. The van der Waals surface area contributed by atoms with Crippen LogP contribution in [0.15, 0.2) is 0 Å². The first kappa shape index (κ1) is 32.1. The maximum Gasteiger partial charge on any atom is 0.220 e. The van der Waals surface area contributed by atoms with Gasteiger partial charge in [0.25, 0.3) is 0 Å². The van der Waals surface area contributed by atoms with Gasteiger partial charge in [-0.25, -0.2) is 0 Å². The van der Waals surface area contributed by atoms with Gasteiger partial charge >= 0.3 is 0 Å². The van der Waals surface area contributed by atoms with Crippen LogP contribution in [0.4, 0.5) is 0 Å². The summed E-state index contributed by atoms with van der Waals surface area (Å²) in [6.07, 6.45) is 26.9. The van der Waals surface area contributed by atoms with Crippen LogP contribution in [0.2, 0.25) is 0 Å². The van der Waals surface area contributed by atoms with Crippen LogP contribution in [0.1, 0.15) is 169 Å². The molecular formula is C30H59NO2. The molecule has 1 N–H and O–H groups in total. The molecule has 0 saturated heterocycles. The van der Waals surface area contributed by atoms with Gasteiger partial charge in [-0.2, -0.15) is 0 Å². The highest BCUT2D eigenvalue weighted by Gasteiger charge is 2.24. The molecule has 0 aliphatic rings. The number of carbonyl (C=O) groups is 2. The van der Waals surface area contributed by atoms with Crippen LogP contribution in [0, 0.1) is 5.92 Å². The second kappa shape index (κ2) is 24.3. The molecule has 2 unspecified atom stereocenters. The zero-order chi connectivity index (χ0) is 24.6. The van der Waals surface area contributed by atoms with E-state index in [-0.39, 0.29) is 23.7 Å². The molecular weight excluding hydrogens is 406 g/mol. The Labute approximate surface area is 207 Å². The van der Waals surface area contributed by atoms with Gasteiger partial charge in [0.05, 0.1) is 6.04 Å². The van der Waals surface area contributed by atoms with Crippen LogP contribution in [0.25, 0.3) is 0 Å². The zero-order valence-corrected chi connectivity index (χ0v) is 23.0. The highest BCUT2D eigenvalue weighted by molar-refractivity contribution is 5.89. The monoisotopic (exact) mass is 465 g/mol. The second-order valence-electron chi connectivity index (χ2n) is 10.4. The first-order chi connectivity index (χ1) is 16.1. The van der Waals surface area contributed by atoms with Gasteiger partial charge in [-0.15, -0.1) is 0 Å². The molecule has 3 heteroatoms. The Morgan fingerprint density at radius 2 is 0.939 bits per heavy atom. The number of Topliss-reactive ketones (excluding diaryl/α,β-unsaturated/α-hetero) is 1. The van der Waals surface area contributed by atoms with E-state index in [4.69, 9.17) is 0 Å². The van der Waals surface area contributed by atoms with Gasteiger partial charge in [0, 0.05) is 12.8 Å². The summed E-state index contributed by atoms with van der Waals surface area (Å²) in [5, 5.41) is 3.02. The summed E-state index contributed by atoms with van der Waals surface area (Å²) in [5.74, 6) is 0.488. The standard InChI is InChI=1S/C30H59NO2/c1-5-8-10-11-12-13-14-15-16-17-18-19-20-21-22-23-24-25-28(32)30(27(4)7-3)31-29(33)26-9-6-2/h27,30H,5-26H2,1-4H3,(H,31,33). The summed E-state index contributed by atoms with van der Waals surface area (Å²) in [6.45, 7) is 8.55. The van der Waals surface area contributed by atoms with E-state index < -0.39 is 0 Å². The second-order valence-corrected chi connectivity index (χ2v) is 10.4. The first-order valence-electron chi connectivity index (χ1n) is 14.9. The summed E-state index contributed by atoms with van der Waals surface area (Å²) in [5.41, 5.74) is 0. The van der Waals surface area contributed by atoms with E-state index >= 15 is 0 Å². The average molecular weight is 466 g/mol. The molecule has 1 amide bonds. The molecule has 0 aromatic rings. The lowest BCUT2D eigenvalue weighted by atomic mass is 9.92. The smallest absolute Gasteiger partial charge is 0.220 e. The van der Waals surface area contributed by atoms with Gasteiger partial charge in [-0.1, -0.05) is 143 Å². The van der Waals surface area contributed by atoms with Crippen molar-refractivity contribution in [1.82, 2.24) is 5.32 Å². The molecule has 0 bridgehead atoms. The number of nitrogens with one attached hydrogen (secondary N) is 1. The minimum absolute atomic E-state index is 0.0397. The maximum absolute atomic E-state index is 12.7. The van der Waals surface area contributed by atoms with Crippen LogP contribution < -0.4 is 5.32 Å². The molecule has 0 radical (unpaired) electrons. The highest BCUT2D eigenvalue weighted by atomic mass is 16.2. The Morgan fingerprint density at radius 3 is 1.33 bits per heavy atom. The minimum Gasteiger partial charge on any atom is -0.346 e. The van der Waals surface area contributed by atoms with Gasteiger partial charge < -0.3 is 5.32 Å². The molecule has 0 aromatic heterocycles. The molecule has 0 heterocycles. The Balaban J connectivity index is 3.62. The van der Waals surface area contributed by atoms with E-state index in [9.17, 15) is 9.59 Å². The number of carbonyl (C=O) groups excluding carboxylic acids is 2. The van der Waals surface area contributed by atoms with Crippen molar-refractivity contribution in [2.45, 2.75) is 175 Å². The van der Waals surface area contributed by atoms with E-state index in [2.05, 4.69) is 33.0 Å². The molecule has 0 spiro atoms. The Hall–Kier alpha value is -0.860. The average Bonchev–Trinajstić information content (AvgIpc) is 2.82. The largest absolute Gasteiger partial charge is 0.346 e. The Morgan fingerprint density at radius 1 is 0.545 bits per heavy atom. The van der Waals surface area contributed by atoms with Gasteiger partial charge in [0.2, 0.25) is 5.91 Å². The number of amides is 1. The summed E-state index contributed by atoms with van der Waals surface area (Å²) >= 11 is 0. The Kier molecular flexibility index (Phi) is 23.6. The van der Waals surface area contributed by atoms with Crippen molar-refractivity contribution < 1.29 is 9.59 Å². The molecule has 33 heavy (non-hydrogen) atoms. The molecule has 196 valence electrons. The molecule has 0 fully saturated rings. The van der Waals surface area contributed by atoms with Gasteiger partial charge in [0.15, 0.2) is 5.78 Å². The third kappa shape index (κ3) is 20.2. The lowest BCUT2D eigenvalue weighted by Gasteiger charge is -2.23. The van der Waals surface area contributed by atoms with E-state index in [1.807, 2.05) is 0 Å². The lowest BCUT2D eigenvalue weighted by Crippen LogP contribution is -2.45. The van der Waals surface area contributed by atoms with Crippen molar-refractivity contribution >= 4 is 11.7 Å². The molecule has 0 saturated carbocycles. The van der Waals surface area contributed by atoms with Crippen LogP contribution in [-0.2, 0) is 9.59 Å². The van der Waals surface area contributed by atoms with Crippen LogP contribution in [0.3, 0.4) is 0 Å². The summed E-state index contributed by atoms with van der Waals surface area (Å²) in [4.78, 5) is 24.8.